The van der Waals surface area contributed by atoms with Gasteiger partial charge >= 0.3 is 10.1 Å². The molecule has 0 unspecified atom stereocenters. The third kappa shape index (κ3) is 3.33. The molecule has 0 saturated carbocycles. The monoisotopic (exact) mass is 307 g/mol. The molecule has 0 aliphatic carbocycles. The Morgan fingerprint density at radius 3 is 2.29 bits per heavy atom. The number of pyridine rings is 1. The lowest BCUT2D eigenvalue weighted by Crippen LogP contribution is -2.33. The van der Waals surface area contributed by atoms with Gasteiger partial charge in [-0.2, -0.15) is 8.42 Å². The van der Waals surface area contributed by atoms with E-state index in [0.717, 1.165) is 10.3 Å². The number of hydrogen-bond donors (Lipinski definition) is 0. The molecule has 2 aromatic rings. The Hall–Kier alpha value is -2.08. The van der Waals surface area contributed by atoms with Crippen molar-refractivity contribution in [3.63, 3.8) is 0 Å². The van der Waals surface area contributed by atoms with Crippen LogP contribution in [-0.4, -0.2) is 13.1 Å². The number of aromatic nitrogens is 1. The van der Waals surface area contributed by atoms with Crippen LogP contribution in [0.5, 0.6) is 0 Å². The van der Waals surface area contributed by atoms with Gasteiger partial charge < -0.3 is 0 Å². The third-order valence-corrected chi connectivity index (χ3v) is 4.15. The lowest BCUT2D eigenvalue weighted by atomic mass is 10.1. The average molecular weight is 307 g/mol. The van der Waals surface area contributed by atoms with E-state index in [9.17, 15) is 13.2 Å². The minimum absolute atomic E-state index is 0.00665. The summed E-state index contributed by atoms with van der Waals surface area (Å²) in [5, 5.41) is 0. The van der Waals surface area contributed by atoms with Crippen molar-refractivity contribution in [3.8, 4) is 0 Å². The van der Waals surface area contributed by atoms with Crippen molar-refractivity contribution >= 4 is 10.1 Å². The highest BCUT2D eigenvalue weighted by Gasteiger charge is 2.20. The Labute approximate surface area is 123 Å². The van der Waals surface area contributed by atoms with Crippen LogP contribution in [0.4, 0.5) is 0 Å². The number of aryl methyl sites for hydroxylation is 1. The fourth-order valence-corrected chi connectivity index (χ4v) is 2.86. The summed E-state index contributed by atoms with van der Waals surface area (Å²) < 4.78 is 30.4. The highest BCUT2D eigenvalue weighted by atomic mass is 32.2. The smallest absolute Gasteiger partial charge is 0.280 e. The van der Waals surface area contributed by atoms with Gasteiger partial charge in [-0.1, -0.05) is 32.0 Å². The van der Waals surface area contributed by atoms with E-state index in [1.807, 2.05) is 13.8 Å². The minimum Gasteiger partial charge on any atom is -0.280 e. The fraction of sp³-hybridized carbons (Fsp3) is 0.267. The molecule has 112 valence electrons. The van der Waals surface area contributed by atoms with E-state index >= 15 is 0 Å². The van der Waals surface area contributed by atoms with Gasteiger partial charge in [0.05, 0.1) is 5.69 Å². The number of benzene rings is 1. The first-order valence-electron chi connectivity index (χ1n) is 6.55. The molecule has 0 atom stereocenters. The van der Waals surface area contributed by atoms with Crippen molar-refractivity contribution in [1.82, 2.24) is 4.73 Å². The van der Waals surface area contributed by atoms with Gasteiger partial charge in [0.25, 0.3) is 5.56 Å². The molecule has 0 aliphatic rings. The Morgan fingerprint density at radius 1 is 1.10 bits per heavy atom. The van der Waals surface area contributed by atoms with E-state index in [1.54, 1.807) is 31.2 Å². The summed E-state index contributed by atoms with van der Waals surface area (Å²) in [6.07, 6.45) is 0. The fourth-order valence-electron chi connectivity index (χ4n) is 1.92. The summed E-state index contributed by atoms with van der Waals surface area (Å²) in [6, 6.07) is 10.8. The van der Waals surface area contributed by atoms with Crippen LogP contribution in [0.3, 0.4) is 0 Å². The third-order valence-electron chi connectivity index (χ3n) is 2.96. The summed E-state index contributed by atoms with van der Waals surface area (Å²) in [4.78, 5) is 12.1. The molecule has 0 fully saturated rings. The van der Waals surface area contributed by atoms with Crippen LogP contribution >= 0.6 is 0 Å². The first-order chi connectivity index (χ1) is 9.81. The van der Waals surface area contributed by atoms with Crippen LogP contribution < -0.4 is 9.84 Å². The number of nitrogens with zero attached hydrogens (tertiary/aromatic N) is 1. The normalized spacial score (nSPS) is 11.6. The Bertz CT molecular complexity index is 792. The molecule has 5 nitrogen and oxygen atoms in total. The second-order valence-corrected chi connectivity index (χ2v) is 6.62. The van der Waals surface area contributed by atoms with Crippen molar-refractivity contribution in [2.75, 3.05) is 0 Å². The van der Waals surface area contributed by atoms with Crippen molar-refractivity contribution < 1.29 is 12.7 Å². The second-order valence-electron chi connectivity index (χ2n) is 5.09. The highest BCUT2D eigenvalue weighted by molar-refractivity contribution is 7.87. The van der Waals surface area contributed by atoms with Gasteiger partial charge in [0, 0.05) is 6.07 Å². The molecule has 6 heteroatoms. The molecule has 2 rings (SSSR count). The molecule has 21 heavy (non-hydrogen) atoms. The summed E-state index contributed by atoms with van der Waals surface area (Å²) >= 11 is 0. The van der Waals surface area contributed by atoms with Crippen LogP contribution in [0.2, 0.25) is 0 Å². The van der Waals surface area contributed by atoms with Crippen molar-refractivity contribution in [2.24, 2.45) is 0 Å². The van der Waals surface area contributed by atoms with Gasteiger partial charge in [0.1, 0.15) is 4.90 Å². The second kappa shape index (κ2) is 5.73. The van der Waals surface area contributed by atoms with E-state index in [4.69, 9.17) is 4.28 Å². The summed E-state index contributed by atoms with van der Waals surface area (Å²) in [6.45, 7) is 5.51. The van der Waals surface area contributed by atoms with Crippen LogP contribution in [-0.2, 0) is 10.1 Å². The molecule has 0 radical (unpaired) electrons. The Kier molecular flexibility index (Phi) is 4.18. The van der Waals surface area contributed by atoms with Gasteiger partial charge in [-0.05, 0) is 36.6 Å². The summed E-state index contributed by atoms with van der Waals surface area (Å²) in [5.74, 6) is -0.0522. The van der Waals surface area contributed by atoms with Crippen LogP contribution in [0.1, 0.15) is 31.0 Å². The van der Waals surface area contributed by atoms with Crippen molar-refractivity contribution in [1.29, 1.82) is 0 Å². The number of hydrogen-bond acceptors (Lipinski definition) is 4. The maximum Gasteiger partial charge on any atom is 0.357 e. The van der Waals surface area contributed by atoms with Gasteiger partial charge in [0.15, 0.2) is 0 Å². The molecule has 0 bridgehead atoms. The van der Waals surface area contributed by atoms with Gasteiger partial charge in [-0.15, -0.1) is 4.73 Å². The first-order valence-corrected chi connectivity index (χ1v) is 7.96. The number of rotatable bonds is 4. The van der Waals surface area contributed by atoms with Gasteiger partial charge in [0.2, 0.25) is 0 Å². The molecule has 0 amide bonds. The summed E-state index contributed by atoms with van der Waals surface area (Å²) in [5.41, 5.74) is 0.776. The largest absolute Gasteiger partial charge is 0.357 e. The molecular formula is C15H17NO4S. The predicted octanol–water partition coefficient (Wildman–Crippen LogP) is 2.10. The van der Waals surface area contributed by atoms with Crippen molar-refractivity contribution in [3.05, 3.63) is 64.1 Å². The van der Waals surface area contributed by atoms with Crippen LogP contribution in [0, 0.1) is 6.92 Å². The zero-order chi connectivity index (χ0) is 15.6. The van der Waals surface area contributed by atoms with E-state index < -0.39 is 15.7 Å². The highest BCUT2D eigenvalue weighted by Crippen LogP contribution is 2.15. The van der Waals surface area contributed by atoms with Crippen LogP contribution in [0.25, 0.3) is 0 Å². The van der Waals surface area contributed by atoms with Gasteiger partial charge in [-0.25, -0.2) is 0 Å². The van der Waals surface area contributed by atoms with E-state index in [0.29, 0.717) is 5.69 Å². The van der Waals surface area contributed by atoms with Crippen LogP contribution in [0.15, 0.2) is 52.2 Å². The van der Waals surface area contributed by atoms with E-state index in [1.165, 1.54) is 18.2 Å². The quantitative estimate of drug-likeness (QED) is 0.867. The topological polar surface area (TPSA) is 65.4 Å². The maximum atomic E-state index is 12.2. The summed E-state index contributed by atoms with van der Waals surface area (Å²) in [7, 11) is -4.04. The first kappa shape index (κ1) is 15.3. The molecular weight excluding hydrogens is 290 g/mol. The van der Waals surface area contributed by atoms with Crippen molar-refractivity contribution in [2.45, 2.75) is 31.6 Å². The molecule has 1 heterocycles. The lowest BCUT2D eigenvalue weighted by Gasteiger charge is -2.16. The van der Waals surface area contributed by atoms with E-state index in [-0.39, 0.29) is 10.8 Å². The van der Waals surface area contributed by atoms with Gasteiger partial charge in [-0.3, -0.25) is 9.08 Å². The predicted molar refractivity (Wildman–Crippen MR) is 79.7 cm³/mol. The lowest BCUT2D eigenvalue weighted by molar-refractivity contribution is 0.252. The molecule has 0 aliphatic heterocycles. The Morgan fingerprint density at radius 2 is 1.71 bits per heavy atom. The molecule has 0 saturated heterocycles. The minimum atomic E-state index is -4.04. The molecule has 0 N–H and O–H groups in total. The molecule has 1 aromatic heterocycles. The maximum absolute atomic E-state index is 12.2. The zero-order valence-electron chi connectivity index (χ0n) is 12.1. The standard InChI is InChI=1S/C15H17NO4S/c1-11(2)14-9-12(3)10-15(17)16(14)20-21(18,19)13-7-5-4-6-8-13/h4-11H,1-3H3. The average Bonchev–Trinajstić information content (AvgIpc) is 2.42. The molecule has 1 aromatic carbocycles. The Balaban J connectivity index is 2.52. The molecule has 0 spiro atoms. The van der Waals surface area contributed by atoms with E-state index in [2.05, 4.69) is 0 Å². The zero-order valence-corrected chi connectivity index (χ0v) is 12.9. The SMILES string of the molecule is Cc1cc(C(C)C)n(OS(=O)(=O)c2ccccc2)c(=O)c1.